The maximum atomic E-state index is 10.9. The highest BCUT2D eigenvalue weighted by molar-refractivity contribution is 5.91. The summed E-state index contributed by atoms with van der Waals surface area (Å²) in [7, 11) is 0. The van der Waals surface area contributed by atoms with Crippen LogP contribution in [0.1, 0.15) is 10.4 Å². The van der Waals surface area contributed by atoms with Gasteiger partial charge >= 0.3 is 5.97 Å². The molecule has 86 valence electrons. The number of benzene rings is 2. The lowest BCUT2D eigenvalue weighted by Gasteiger charge is -2.08. The van der Waals surface area contributed by atoms with E-state index in [0.717, 1.165) is 0 Å². The second-order valence-corrected chi connectivity index (χ2v) is 3.63. The molecule has 4 N–H and O–H groups in total. The molecule has 0 aliphatic rings. The fraction of sp³-hybridized carbons (Fsp3) is 0. The Kier molecular flexibility index (Phi) is 2.70. The zero-order valence-corrected chi connectivity index (χ0v) is 8.92. The molecule has 0 aromatic heterocycles. The Bertz CT molecular complexity index is 558. The van der Waals surface area contributed by atoms with Crippen LogP contribution in [0.25, 0.3) is 11.1 Å². The van der Waals surface area contributed by atoms with Crippen LogP contribution in [0.15, 0.2) is 42.5 Å². The molecule has 0 aliphatic carbocycles. The first-order valence-electron chi connectivity index (χ1n) is 5.01. The predicted molar refractivity (Wildman–Crippen MR) is 64.9 cm³/mol. The highest BCUT2D eigenvalue weighted by Gasteiger charge is 2.10. The van der Waals surface area contributed by atoms with Crippen LogP contribution in [-0.2, 0) is 0 Å². The van der Waals surface area contributed by atoms with Crippen molar-refractivity contribution in [3.8, 4) is 16.9 Å². The molecule has 2 rings (SSSR count). The lowest BCUT2D eigenvalue weighted by Crippen LogP contribution is -1.97. The SMILES string of the molecule is Nc1cccc(O)c1-c1cccc(C(=O)O)c1. The van der Waals surface area contributed by atoms with Crippen molar-refractivity contribution in [2.75, 3.05) is 5.73 Å². The van der Waals surface area contributed by atoms with Crippen LogP contribution in [0.4, 0.5) is 5.69 Å². The largest absolute Gasteiger partial charge is 0.507 e. The summed E-state index contributed by atoms with van der Waals surface area (Å²) in [5.74, 6) is -0.978. The van der Waals surface area contributed by atoms with Crippen molar-refractivity contribution in [3.63, 3.8) is 0 Å². The van der Waals surface area contributed by atoms with Crippen LogP contribution in [0.5, 0.6) is 5.75 Å². The van der Waals surface area contributed by atoms with Crippen molar-refractivity contribution in [3.05, 3.63) is 48.0 Å². The van der Waals surface area contributed by atoms with Gasteiger partial charge in [-0.2, -0.15) is 0 Å². The van der Waals surface area contributed by atoms with Gasteiger partial charge in [-0.25, -0.2) is 4.79 Å². The maximum Gasteiger partial charge on any atom is 0.335 e. The molecule has 0 aliphatic heterocycles. The van der Waals surface area contributed by atoms with E-state index in [9.17, 15) is 9.90 Å². The van der Waals surface area contributed by atoms with Crippen LogP contribution < -0.4 is 5.73 Å². The number of aromatic hydroxyl groups is 1. The Morgan fingerprint density at radius 1 is 1.12 bits per heavy atom. The number of hydrogen-bond acceptors (Lipinski definition) is 3. The Labute approximate surface area is 97.9 Å². The first-order valence-corrected chi connectivity index (χ1v) is 5.01. The minimum absolute atomic E-state index is 0.0348. The van der Waals surface area contributed by atoms with Gasteiger partial charge in [-0.05, 0) is 29.8 Å². The van der Waals surface area contributed by atoms with Gasteiger partial charge in [0.15, 0.2) is 0 Å². The Hall–Kier alpha value is -2.49. The van der Waals surface area contributed by atoms with E-state index in [1.165, 1.54) is 18.2 Å². The van der Waals surface area contributed by atoms with E-state index in [1.807, 2.05) is 0 Å². The normalized spacial score (nSPS) is 10.1. The monoisotopic (exact) mass is 229 g/mol. The number of anilines is 1. The number of hydrogen-bond donors (Lipinski definition) is 3. The lowest BCUT2D eigenvalue weighted by molar-refractivity contribution is 0.0697. The molecule has 0 fully saturated rings. The van der Waals surface area contributed by atoms with Crippen LogP contribution in [0.3, 0.4) is 0 Å². The maximum absolute atomic E-state index is 10.9. The number of nitrogens with two attached hydrogens (primary N) is 1. The number of phenols is 1. The lowest BCUT2D eigenvalue weighted by atomic mass is 10.0. The summed E-state index contributed by atoms with van der Waals surface area (Å²) in [5.41, 5.74) is 7.38. The summed E-state index contributed by atoms with van der Waals surface area (Å²) in [4.78, 5) is 10.9. The van der Waals surface area contributed by atoms with Gasteiger partial charge < -0.3 is 15.9 Å². The van der Waals surface area contributed by atoms with Gasteiger partial charge in [0.1, 0.15) is 5.75 Å². The van der Waals surface area contributed by atoms with Crippen molar-refractivity contribution < 1.29 is 15.0 Å². The summed E-state index contributed by atoms with van der Waals surface area (Å²) >= 11 is 0. The molecule has 0 saturated heterocycles. The number of rotatable bonds is 2. The summed E-state index contributed by atoms with van der Waals surface area (Å²) < 4.78 is 0. The van der Waals surface area contributed by atoms with Crippen molar-refractivity contribution in [1.29, 1.82) is 0 Å². The van der Waals surface area contributed by atoms with Crippen molar-refractivity contribution >= 4 is 11.7 Å². The third-order valence-corrected chi connectivity index (χ3v) is 2.47. The van der Waals surface area contributed by atoms with Gasteiger partial charge in [0.25, 0.3) is 0 Å². The molecule has 0 unspecified atom stereocenters. The average molecular weight is 229 g/mol. The summed E-state index contributed by atoms with van der Waals surface area (Å²) in [6.07, 6.45) is 0. The van der Waals surface area contributed by atoms with Crippen molar-refractivity contribution in [2.24, 2.45) is 0 Å². The number of phenolic OH excluding ortho intramolecular Hbond substituents is 1. The van der Waals surface area contributed by atoms with Gasteiger partial charge in [0.2, 0.25) is 0 Å². The minimum Gasteiger partial charge on any atom is -0.507 e. The van der Waals surface area contributed by atoms with E-state index in [2.05, 4.69) is 0 Å². The first kappa shape index (κ1) is 11.0. The van der Waals surface area contributed by atoms with Crippen molar-refractivity contribution in [1.82, 2.24) is 0 Å². The van der Waals surface area contributed by atoms with Crippen LogP contribution in [0, 0.1) is 0 Å². The number of aromatic carboxylic acids is 1. The fourth-order valence-electron chi connectivity index (χ4n) is 1.68. The summed E-state index contributed by atoms with van der Waals surface area (Å²) in [5, 5.41) is 18.6. The third-order valence-electron chi connectivity index (χ3n) is 2.47. The fourth-order valence-corrected chi connectivity index (χ4v) is 1.68. The highest BCUT2D eigenvalue weighted by Crippen LogP contribution is 2.34. The number of carbonyl (C=O) groups is 1. The van der Waals surface area contributed by atoms with E-state index >= 15 is 0 Å². The minimum atomic E-state index is -1.01. The highest BCUT2D eigenvalue weighted by atomic mass is 16.4. The molecule has 4 heteroatoms. The van der Waals surface area contributed by atoms with Crippen LogP contribution in [0.2, 0.25) is 0 Å². The Morgan fingerprint density at radius 3 is 2.47 bits per heavy atom. The second-order valence-electron chi connectivity index (χ2n) is 3.63. The van der Waals surface area contributed by atoms with E-state index in [4.69, 9.17) is 10.8 Å². The smallest absolute Gasteiger partial charge is 0.335 e. The molecule has 2 aromatic rings. The molecule has 17 heavy (non-hydrogen) atoms. The van der Waals surface area contributed by atoms with Gasteiger partial charge in [0, 0.05) is 11.3 Å². The molecule has 0 amide bonds. The number of carboxylic acid groups (broad SMARTS) is 1. The van der Waals surface area contributed by atoms with E-state index in [-0.39, 0.29) is 11.3 Å². The molecule has 0 bridgehead atoms. The third kappa shape index (κ3) is 2.06. The zero-order valence-electron chi connectivity index (χ0n) is 8.92. The van der Waals surface area contributed by atoms with E-state index < -0.39 is 5.97 Å². The molecule has 4 nitrogen and oxygen atoms in total. The molecular weight excluding hydrogens is 218 g/mol. The molecule has 0 radical (unpaired) electrons. The summed E-state index contributed by atoms with van der Waals surface area (Å²) in [6, 6.07) is 11.1. The Morgan fingerprint density at radius 2 is 1.82 bits per heavy atom. The van der Waals surface area contributed by atoms with E-state index in [1.54, 1.807) is 24.3 Å². The first-order chi connectivity index (χ1) is 8.09. The predicted octanol–water partition coefficient (Wildman–Crippen LogP) is 2.34. The van der Waals surface area contributed by atoms with Crippen LogP contribution >= 0.6 is 0 Å². The molecule has 0 atom stereocenters. The second kappa shape index (κ2) is 4.17. The molecule has 0 saturated carbocycles. The van der Waals surface area contributed by atoms with E-state index in [0.29, 0.717) is 16.8 Å². The molecule has 0 spiro atoms. The Balaban J connectivity index is 2.61. The quantitative estimate of drug-likeness (QED) is 0.690. The van der Waals surface area contributed by atoms with Gasteiger partial charge in [-0.15, -0.1) is 0 Å². The number of carboxylic acids is 1. The van der Waals surface area contributed by atoms with Gasteiger partial charge in [0.05, 0.1) is 5.56 Å². The molecule has 2 aromatic carbocycles. The van der Waals surface area contributed by atoms with Gasteiger partial charge in [-0.3, -0.25) is 0 Å². The summed E-state index contributed by atoms with van der Waals surface area (Å²) in [6.45, 7) is 0. The van der Waals surface area contributed by atoms with Crippen LogP contribution in [-0.4, -0.2) is 16.2 Å². The molecular formula is C13H11NO3. The standard InChI is InChI=1S/C13H11NO3/c14-10-5-2-6-11(15)12(10)8-3-1-4-9(7-8)13(16)17/h1-7,15H,14H2,(H,16,17). The average Bonchev–Trinajstić information content (AvgIpc) is 2.29. The zero-order chi connectivity index (χ0) is 12.4. The number of nitrogen functional groups attached to an aromatic ring is 1. The van der Waals surface area contributed by atoms with Crippen molar-refractivity contribution in [2.45, 2.75) is 0 Å². The van der Waals surface area contributed by atoms with Gasteiger partial charge in [-0.1, -0.05) is 18.2 Å². The molecule has 0 heterocycles. The topological polar surface area (TPSA) is 83.5 Å².